The number of Topliss-reactive ketones (excluding diaryl/α,β-unsaturated/α-hetero) is 1. The summed E-state index contributed by atoms with van der Waals surface area (Å²) in [5.41, 5.74) is -0.671. The topological polar surface area (TPSA) is 127 Å². The van der Waals surface area contributed by atoms with E-state index < -0.39 is 17.4 Å². The fraction of sp³-hybridized carbons (Fsp3) is 0.593. The third-order valence-electron chi connectivity index (χ3n) is 6.56. The molecule has 0 saturated heterocycles. The number of ketones is 1. The second-order valence-electron chi connectivity index (χ2n) is 10.4. The molecule has 0 aliphatic heterocycles. The third-order valence-corrected chi connectivity index (χ3v) is 7.36. The fourth-order valence-corrected chi connectivity index (χ4v) is 5.30. The molecule has 1 unspecified atom stereocenters. The lowest BCUT2D eigenvalue weighted by Crippen LogP contribution is -2.62. The Bertz CT molecular complexity index is 1080. The van der Waals surface area contributed by atoms with Gasteiger partial charge in [0.05, 0.1) is 13.2 Å². The highest BCUT2D eigenvalue weighted by atomic mass is 32.2. The summed E-state index contributed by atoms with van der Waals surface area (Å²) in [6.45, 7) is 4.78. The second kappa shape index (κ2) is 13.7. The van der Waals surface area contributed by atoms with E-state index in [-0.39, 0.29) is 23.6 Å². The van der Waals surface area contributed by atoms with Crippen molar-refractivity contribution in [1.82, 2.24) is 25.7 Å². The van der Waals surface area contributed by atoms with E-state index in [0.29, 0.717) is 35.8 Å². The molecule has 10 nitrogen and oxygen atoms in total. The Morgan fingerprint density at radius 3 is 2.39 bits per heavy atom. The molecule has 1 aromatic heterocycles. The van der Waals surface area contributed by atoms with E-state index in [9.17, 15) is 14.4 Å². The fourth-order valence-electron chi connectivity index (χ4n) is 4.43. The van der Waals surface area contributed by atoms with Crippen LogP contribution in [-0.4, -0.2) is 77.8 Å². The Morgan fingerprint density at radius 1 is 1.11 bits per heavy atom. The Hall–Kier alpha value is -2.92. The number of carbonyl (C=O) groups excluding carboxylic acids is 3. The quantitative estimate of drug-likeness (QED) is 0.287. The van der Waals surface area contributed by atoms with Gasteiger partial charge >= 0.3 is 0 Å². The van der Waals surface area contributed by atoms with Gasteiger partial charge in [0, 0.05) is 17.9 Å². The number of ether oxygens (including phenoxy) is 1. The molecule has 208 valence electrons. The standard InChI is InChI=1S/C27H39N5O5S/c1-18(2)17-21(22(33)24-30-31-26(37-24)38-16-15-32(3)4)28-25(35)27(13-7-6-8-14-27)29-23(34)19-9-11-20(36-5)12-10-19/h9-12,18,21H,6-8,13-17H2,1-5H3,(H,28,35)(H,29,34). The monoisotopic (exact) mass is 545 g/mol. The van der Waals surface area contributed by atoms with Gasteiger partial charge in [0.25, 0.3) is 17.0 Å². The van der Waals surface area contributed by atoms with E-state index in [1.165, 1.54) is 11.8 Å². The molecule has 11 heteroatoms. The Morgan fingerprint density at radius 2 is 1.79 bits per heavy atom. The van der Waals surface area contributed by atoms with Gasteiger partial charge in [-0.1, -0.05) is 44.9 Å². The summed E-state index contributed by atoms with van der Waals surface area (Å²) >= 11 is 1.38. The number of nitrogens with one attached hydrogen (secondary N) is 2. The van der Waals surface area contributed by atoms with Gasteiger partial charge in [-0.05, 0) is 63.5 Å². The number of thioether (sulfide) groups is 1. The van der Waals surface area contributed by atoms with Gasteiger partial charge in [-0.2, -0.15) is 0 Å². The van der Waals surface area contributed by atoms with Crippen LogP contribution in [0.3, 0.4) is 0 Å². The molecular weight excluding hydrogens is 506 g/mol. The molecule has 1 heterocycles. The maximum absolute atomic E-state index is 13.8. The second-order valence-corrected chi connectivity index (χ2v) is 11.4. The zero-order chi connectivity index (χ0) is 27.7. The highest BCUT2D eigenvalue weighted by Gasteiger charge is 2.43. The number of rotatable bonds is 13. The van der Waals surface area contributed by atoms with Crippen LogP contribution in [-0.2, 0) is 4.79 Å². The molecule has 1 atom stereocenters. The predicted octanol–water partition coefficient (Wildman–Crippen LogP) is 3.58. The van der Waals surface area contributed by atoms with Crippen LogP contribution in [0.15, 0.2) is 33.9 Å². The zero-order valence-corrected chi connectivity index (χ0v) is 23.7. The van der Waals surface area contributed by atoms with Gasteiger partial charge < -0.3 is 24.7 Å². The van der Waals surface area contributed by atoms with Crippen LogP contribution in [0.25, 0.3) is 0 Å². The number of methoxy groups -OCH3 is 1. The van der Waals surface area contributed by atoms with E-state index in [1.54, 1.807) is 31.4 Å². The van der Waals surface area contributed by atoms with Crippen molar-refractivity contribution in [2.75, 3.05) is 33.5 Å². The highest BCUT2D eigenvalue weighted by Crippen LogP contribution is 2.30. The molecule has 1 aromatic carbocycles. The molecule has 1 aliphatic carbocycles. The van der Waals surface area contributed by atoms with Gasteiger partial charge in [0.15, 0.2) is 0 Å². The molecule has 2 aromatic rings. The molecule has 0 bridgehead atoms. The average molecular weight is 546 g/mol. The first-order valence-corrected chi connectivity index (χ1v) is 14.0. The normalized spacial score (nSPS) is 15.8. The maximum atomic E-state index is 13.8. The lowest BCUT2D eigenvalue weighted by atomic mass is 9.80. The molecule has 0 radical (unpaired) electrons. The van der Waals surface area contributed by atoms with E-state index in [4.69, 9.17) is 9.15 Å². The third kappa shape index (κ3) is 8.04. The van der Waals surface area contributed by atoms with Crippen LogP contribution in [0.5, 0.6) is 5.75 Å². The molecule has 2 N–H and O–H groups in total. The van der Waals surface area contributed by atoms with Crippen molar-refractivity contribution < 1.29 is 23.5 Å². The van der Waals surface area contributed by atoms with Gasteiger partial charge in [-0.25, -0.2) is 0 Å². The molecular formula is C27H39N5O5S. The highest BCUT2D eigenvalue weighted by molar-refractivity contribution is 7.99. The Kier molecular flexibility index (Phi) is 10.7. The molecule has 1 fully saturated rings. The molecule has 3 rings (SSSR count). The van der Waals surface area contributed by atoms with Crippen molar-refractivity contribution in [2.45, 2.75) is 69.2 Å². The number of hydrogen-bond acceptors (Lipinski definition) is 9. The Labute approximate surface area is 228 Å². The largest absolute Gasteiger partial charge is 0.497 e. The van der Waals surface area contributed by atoms with Crippen LogP contribution >= 0.6 is 11.8 Å². The molecule has 1 saturated carbocycles. The van der Waals surface area contributed by atoms with Gasteiger partial charge in [-0.15, -0.1) is 10.2 Å². The summed E-state index contributed by atoms with van der Waals surface area (Å²) < 4.78 is 10.8. The number of nitrogens with zero attached hydrogens (tertiary/aromatic N) is 3. The number of hydrogen-bond donors (Lipinski definition) is 2. The first-order valence-electron chi connectivity index (χ1n) is 13.1. The van der Waals surface area contributed by atoms with Crippen LogP contribution in [0.2, 0.25) is 0 Å². The average Bonchev–Trinajstić information content (AvgIpc) is 3.36. The number of benzene rings is 1. The van der Waals surface area contributed by atoms with Crippen LogP contribution in [0.4, 0.5) is 0 Å². The maximum Gasteiger partial charge on any atom is 0.286 e. The van der Waals surface area contributed by atoms with Gasteiger partial charge in [0.2, 0.25) is 11.7 Å². The first kappa shape index (κ1) is 29.6. The van der Waals surface area contributed by atoms with Crippen molar-refractivity contribution in [3.05, 3.63) is 35.7 Å². The van der Waals surface area contributed by atoms with E-state index >= 15 is 0 Å². The summed E-state index contributed by atoms with van der Waals surface area (Å²) in [5, 5.41) is 14.2. The number of aromatic nitrogens is 2. The molecule has 1 aliphatic rings. The lowest BCUT2D eigenvalue weighted by Gasteiger charge is -2.37. The van der Waals surface area contributed by atoms with Crippen LogP contribution < -0.4 is 15.4 Å². The Balaban J connectivity index is 1.75. The zero-order valence-electron chi connectivity index (χ0n) is 22.9. The summed E-state index contributed by atoms with van der Waals surface area (Å²) in [5.74, 6) is 0.255. The predicted molar refractivity (Wildman–Crippen MR) is 146 cm³/mol. The van der Waals surface area contributed by atoms with Gasteiger partial charge in [-0.3, -0.25) is 14.4 Å². The minimum absolute atomic E-state index is 0.122. The van der Waals surface area contributed by atoms with Crippen molar-refractivity contribution in [3.63, 3.8) is 0 Å². The summed E-state index contributed by atoms with van der Waals surface area (Å²) in [7, 11) is 5.51. The number of carbonyl (C=O) groups is 3. The molecule has 0 spiro atoms. The van der Waals surface area contributed by atoms with Crippen molar-refractivity contribution in [1.29, 1.82) is 0 Å². The minimum atomic E-state index is -1.10. The van der Waals surface area contributed by atoms with Gasteiger partial charge in [0.1, 0.15) is 11.3 Å². The summed E-state index contributed by atoms with van der Waals surface area (Å²) in [6.07, 6.45) is 3.98. The van der Waals surface area contributed by atoms with E-state index in [0.717, 1.165) is 31.6 Å². The van der Waals surface area contributed by atoms with E-state index in [1.807, 2.05) is 32.8 Å². The summed E-state index contributed by atoms with van der Waals surface area (Å²) in [6, 6.07) is 5.89. The smallest absolute Gasteiger partial charge is 0.286 e. The first-order chi connectivity index (χ1) is 18.1. The minimum Gasteiger partial charge on any atom is -0.497 e. The molecule has 38 heavy (non-hydrogen) atoms. The molecule has 2 amide bonds. The lowest BCUT2D eigenvalue weighted by molar-refractivity contribution is -0.129. The van der Waals surface area contributed by atoms with Crippen molar-refractivity contribution >= 4 is 29.4 Å². The van der Waals surface area contributed by atoms with Crippen molar-refractivity contribution in [2.24, 2.45) is 5.92 Å². The van der Waals surface area contributed by atoms with Crippen molar-refractivity contribution in [3.8, 4) is 5.75 Å². The van der Waals surface area contributed by atoms with Crippen LogP contribution in [0.1, 0.15) is 73.4 Å². The van der Waals surface area contributed by atoms with Crippen LogP contribution in [0, 0.1) is 5.92 Å². The summed E-state index contributed by atoms with van der Waals surface area (Å²) in [4.78, 5) is 42.3. The van der Waals surface area contributed by atoms with E-state index in [2.05, 4.69) is 20.8 Å². The number of amides is 2. The SMILES string of the molecule is COc1ccc(C(=O)NC2(C(=O)NC(CC(C)C)C(=O)c3nnc(SCCN(C)C)o3)CCCCC2)cc1.